The zero-order valence-electron chi connectivity index (χ0n) is 21.3. The molecule has 0 fully saturated rings. The van der Waals surface area contributed by atoms with Gasteiger partial charge in [-0.25, -0.2) is 4.79 Å². The summed E-state index contributed by atoms with van der Waals surface area (Å²) >= 11 is 1.73. The Bertz CT molecular complexity index is 1140. The number of nitrogens with one attached hydrogen (secondary N) is 1. The van der Waals surface area contributed by atoms with E-state index >= 15 is 0 Å². The van der Waals surface area contributed by atoms with E-state index in [1.54, 1.807) is 16.2 Å². The smallest absolute Gasteiger partial charge is 0.322 e. The second-order valence-corrected chi connectivity index (χ2v) is 10.7. The molecule has 190 valence electrons. The third-order valence-electron chi connectivity index (χ3n) is 6.46. The number of carbonyl (C=O) groups excluding carboxylic acids is 2. The van der Waals surface area contributed by atoms with E-state index in [-0.39, 0.29) is 24.5 Å². The normalized spacial score (nSPS) is 14.9. The van der Waals surface area contributed by atoms with Crippen LogP contribution in [0.15, 0.2) is 66.0 Å². The van der Waals surface area contributed by atoms with E-state index in [0.29, 0.717) is 25.6 Å². The molecule has 4 rings (SSSR count). The first-order valence-electron chi connectivity index (χ1n) is 12.6. The topological polar surface area (TPSA) is 61.9 Å². The van der Waals surface area contributed by atoms with Crippen LogP contribution >= 0.6 is 11.3 Å². The zero-order valence-corrected chi connectivity index (χ0v) is 22.1. The number of aryl methyl sites for hydroxylation is 1. The van der Waals surface area contributed by atoms with E-state index < -0.39 is 0 Å². The van der Waals surface area contributed by atoms with E-state index in [1.165, 1.54) is 4.88 Å². The number of ether oxygens (including phenoxy) is 1. The van der Waals surface area contributed by atoms with Gasteiger partial charge in [-0.1, -0.05) is 49.7 Å². The molecule has 3 amide bonds. The Kier molecular flexibility index (Phi) is 8.65. The van der Waals surface area contributed by atoms with E-state index in [2.05, 4.69) is 30.6 Å². The van der Waals surface area contributed by atoms with Crippen molar-refractivity contribution in [3.63, 3.8) is 0 Å². The number of amides is 3. The van der Waals surface area contributed by atoms with Crippen LogP contribution in [0.3, 0.4) is 0 Å². The van der Waals surface area contributed by atoms with Crippen molar-refractivity contribution >= 4 is 29.0 Å². The molecule has 0 unspecified atom stereocenters. The molecule has 0 bridgehead atoms. The summed E-state index contributed by atoms with van der Waals surface area (Å²) in [5, 5.41) is 5.05. The molecule has 36 heavy (non-hydrogen) atoms. The predicted molar refractivity (Wildman–Crippen MR) is 146 cm³/mol. The lowest BCUT2D eigenvalue weighted by molar-refractivity contribution is -0.135. The van der Waals surface area contributed by atoms with Crippen molar-refractivity contribution in [2.75, 3.05) is 31.6 Å². The summed E-state index contributed by atoms with van der Waals surface area (Å²) in [6.45, 7) is 7.80. The Morgan fingerprint density at radius 3 is 2.58 bits per heavy atom. The number of urea groups is 1. The molecular weight excluding hydrogens is 470 g/mol. The molecule has 1 aliphatic heterocycles. The number of anilines is 1. The first-order valence-corrected chi connectivity index (χ1v) is 13.4. The maximum absolute atomic E-state index is 13.7. The third kappa shape index (κ3) is 6.66. The molecule has 0 spiro atoms. The lowest BCUT2D eigenvalue weighted by Crippen LogP contribution is -2.49. The van der Waals surface area contributed by atoms with Crippen LogP contribution in [0.5, 0.6) is 5.75 Å². The van der Waals surface area contributed by atoms with E-state index in [1.807, 2.05) is 66.4 Å². The van der Waals surface area contributed by atoms with Crippen LogP contribution in [-0.2, 0) is 11.2 Å². The standard InChI is InChI=1S/C29H35N3O3S/c1-21(2)13-16-31(29(34)30-23-11-9-22(3)10-12-23)19-28(33)32-17-14-27-25(15-18-36-27)26(32)20-35-24-7-5-4-6-8-24/h4-12,15,18,21,26H,13-14,16-17,19-20H2,1-3H3,(H,30,34)/t26-/m1/s1. The van der Waals surface area contributed by atoms with Gasteiger partial charge in [0.1, 0.15) is 18.9 Å². The number of benzene rings is 2. The summed E-state index contributed by atoms with van der Waals surface area (Å²) in [7, 11) is 0. The maximum atomic E-state index is 13.7. The molecule has 1 atom stereocenters. The highest BCUT2D eigenvalue weighted by Gasteiger charge is 2.33. The van der Waals surface area contributed by atoms with Crippen molar-refractivity contribution in [1.82, 2.24) is 9.80 Å². The van der Waals surface area contributed by atoms with Crippen molar-refractivity contribution in [3.05, 3.63) is 82.0 Å². The fraction of sp³-hybridized carbons (Fsp3) is 0.379. The van der Waals surface area contributed by atoms with Crippen LogP contribution in [0.4, 0.5) is 10.5 Å². The Morgan fingerprint density at radius 2 is 1.86 bits per heavy atom. The van der Waals surface area contributed by atoms with Crippen molar-refractivity contribution in [2.45, 2.75) is 39.7 Å². The van der Waals surface area contributed by atoms with Gasteiger partial charge in [0.2, 0.25) is 5.91 Å². The van der Waals surface area contributed by atoms with Gasteiger partial charge in [0.15, 0.2) is 0 Å². The van der Waals surface area contributed by atoms with Gasteiger partial charge in [0, 0.05) is 23.7 Å². The number of nitrogens with zero attached hydrogens (tertiary/aromatic N) is 2. The fourth-order valence-corrected chi connectivity index (χ4v) is 5.25. The van der Waals surface area contributed by atoms with Gasteiger partial charge in [-0.2, -0.15) is 0 Å². The Balaban J connectivity index is 1.48. The summed E-state index contributed by atoms with van der Waals surface area (Å²) < 4.78 is 6.09. The molecule has 1 N–H and O–H groups in total. The van der Waals surface area contributed by atoms with Crippen LogP contribution in [0.2, 0.25) is 0 Å². The highest BCUT2D eigenvalue weighted by molar-refractivity contribution is 7.10. The molecule has 3 aromatic rings. The number of thiophene rings is 1. The van der Waals surface area contributed by atoms with Gasteiger partial charge in [0.25, 0.3) is 0 Å². The molecule has 1 aliphatic rings. The largest absolute Gasteiger partial charge is 0.491 e. The van der Waals surface area contributed by atoms with Crippen LogP contribution < -0.4 is 10.1 Å². The van der Waals surface area contributed by atoms with E-state index in [4.69, 9.17) is 4.74 Å². The lowest BCUT2D eigenvalue weighted by atomic mass is 10.0. The van der Waals surface area contributed by atoms with Gasteiger partial charge >= 0.3 is 6.03 Å². The summed E-state index contributed by atoms with van der Waals surface area (Å²) in [5.41, 5.74) is 3.00. The Hall–Kier alpha value is -3.32. The number of hydrogen-bond donors (Lipinski definition) is 1. The summed E-state index contributed by atoms with van der Waals surface area (Å²) in [6.07, 6.45) is 1.64. The highest BCUT2D eigenvalue weighted by Crippen LogP contribution is 2.34. The maximum Gasteiger partial charge on any atom is 0.322 e. The van der Waals surface area contributed by atoms with Crippen molar-refractivity contribution < 1.29 is 14.3 Å². The van der Waals surface area contributed by atoms with Crippen molar-refractivity contribution in [1.29, 1.82) is 0 Å². The minimum atomic E-state index is -0.252. The molecule has 6 nitrogen and oxygen atoms in total. The monoisotopic (exact) mass is 505 g/mol. The second-order valence-electron chi connectivity index (χ2n) is 9.68. The molecule has 2 heterocycles. The first-order chi connectivity index (χ1) is 17.4. The molecule has 1 aromatic heterocycles. The zero-order chi connectivity index (χ0) is 25.5. The minimum absolute atomic E-state index is 0.0335. The van der Waals surface area contributed by atoms with Crippen molar-refractivity contribution in [2.24, 2.45) is 5.92 Å². The SMILES string of the molecule is Cc1ccc(NC(=O)N(CCC(C)C)CC(=O)N2CCc3sccc3[C@H]2COc2ccccc2)cc1. The second kappa shape index (κ2) is 12.1. The Morgan fingerprint density at radius 1 is 1.11 bits per heavy atom. The van der Waals surface area contributed by atoms with Crippen LogP contribution in [-0.4, -0.2) is 48.0 Å². The number of carbonyl (C=O) groups is 2. The average molecular weight is 506 g/mol. The average Bonchev–Trinajstić information content (AvgIpc) is 3.36. The summed E-state index contributed by atoms with van der Waals surface area (Å²) in [4.78, 5) is 31.7. The van der Waals surface area contributed by atoms with Crippen molar-refractivity contribution in [3.8, 4) is 5.75 Å². The molecule has 0 saturated heterocycles. The molecule has 0 saturated carbocycles. The first kappa shape index (κ1) is 25.8. The fourth-order valence-electron chi connectivity index (χ4n) is 4.33. The molecular formula is C29H35N3O3S. The summed E-state index contributed by atoms with van der Waals surface area (Å²) in [5.74, 6) is 1.14. The summed E-state index contributed by atoms with van der Waals surface area (Å²) in [6, 6.07) is 19.0. The number of rotatable bonds is 9. The van der Waals surface area contributed by atoms with Gasteiger partial charge in [-0.05, 0) is 67.0 Å². The lowest BCUT2D eigenvalue weighted by Gasteiger charge is -2.37. The van der Waals surface area contributed by atoms with Gasteiger partial charge in [0.05, 0.1) is 6.04 Å². The number of para-hydroxylation sites is 1. The van der Waals surface area contributed by atoms with Gasteiger partial charge in [-0.15, -0.1) is 11.3 Å². The molecule has 2 aromatic carbocycles. The van der Waals surface area contributed by atoms with Gasteiger partial charge < -0.3 is 19.9 Å². The number of hydrogen-bond acceptors (Lipinski definition) is 4. The minimum Gasteiger partial charge on any atom is -0.491 e. The predicted octanol–water partition coefficient (Wildman–Crippen LogP) is 6.14. The van der Waals surface area contributed by atoms with Gasteiger partial charge in [-0.3, -0.25) is 4.79 Å². The Labute approximate surface area is 217 Å². The highest BCUT2D eigenvalue weighted by atomic mass is 32.1. The van der Waals surface area contributed by atoms with Crippen LogP contribution in [0, 0.1) is 12.8 Å². The number of fused-ring (bicyclic) bond motifs is 1. The van der Waals surface area contributed by atoms with Crippen LogP contribution in [0.25, 0.3) is 0 Å². The van der Waals surface area contributed by atoms with E-state index in [0.717, 1.165) is 35.4 Å². The van der Waals surface area contributed by atoms with E-state index in [9.17, 15) is 9.59 Å². The molecule has 0 radical (unpaired) electrons. The quantitative estimate of drug-likeness (QED) is 0.380. The van der Waals surface area contributed by atoms with Crippen LogP contribution in [0.1, 0.15) is 42.3 Å². The molecule has 7 heteroatoms. The third-order valence-corrected chi connectivity index (χ3v) is 7.46. The molecule has 0 aliphatic carbocycles.